The van der Waals surface area contributed by atoms with Crippen LogP contribution >= 0.6 is 0 Å². The van der Waals surface area contributed by atoms with Crippen LogP contribution in [0.1, 0.15) is 16.1 Å². The van der Waals surface area contributed by atoms with Crippen molar-refractivity contribution in [2.75, 3.05) is 0 Å². The molecule has 19 heavy (non-hydrogen) atoms. The molecule has 2 rings (SSSR count). The van der Waals surface area contributed by atoms with E-state index in [1.54, 1.807) is 0 Å². The summed E-state index contributed by atoms with van der Waals surface area (Å²) >= 11 is 0. The molecule has 0 atom stereocenters. The van der Waals surface area contributed by atoms with Gasteiger partial charge in [0.25, 0.3) is 5.69 Å². The lowest BCUT2D eigenvalue weighted by Crippen LogP contribution is -1.99. The van der Waals surface area contributed by atoms with Crippen molar-refractivity contribution in [2.24, 2.45) is 0 Å². The molecule has 0 aliphatic carbocycles. The maximum absolute atomic E-state index is 11.9. The second-order valence-electron chi connectivity index (χ2n) is 3.53. The first-order valence-electron chi connectivity index (χ1n) is 5.02. The largest absolute Gasteiger partial charge is 0.433 e. The van der Waals surface area contributed by atoms with Gasteiger partial charge in [-0.25, -0.2) is 0 Å². The molecular weight excluding hydrogens is 256 g/mol. The zero-order valence-electron chi connectivity index (χ0n) is 9.31. The fourth-order valence-electron chi connectivity index (χ4n) is 1.42. The van der Waals surface area contributed by atoms with Crippen molar-refractivity contribution in [1.29, 1.82) is 0 Å². The van der Waals surface area contributed by atoms with Crippen LogP contribution in [-0.2, 0) is 0 Å². The smallest absolute Gasteiger partial charge is 0.397 e. The maximum Gasteiger partial charge on any atom is 0.433 e. The molecule has 0 aliphatic heterocycles. The first-order valence-corrected chi connectivity index (χ1v) is 5.02. The molecule has 0 radical (unpaired) electrons. The van der Waals surface area contributed by atoms with Gasteiger partial charge in [0.05, 0.1) is 11.0 Å². The SMILES string of the molecule is O=C(c1ccc([N+](=O)[O-])cc1)c1ccc([N+](=O)[O-])o1. The molecule has 1 heterocycles. The molecule has 0 N–H and O–H groups in total. The average Bonchev–Trinajstić information content (AvgIpc) is 2.87. The quantitative estimate of drug-likeness (QED) is 0.474. The highest BCUT2D eigenvalue weighted by molar-refractivity contribution is 6.07. The maximum atomic E-state index is 11.9. The third kappa shape index (κ3) is 2.46. The predicted molar refractivity (Wildman–Crippen MR) is 61.9 cm³/mol. The van der Waals surface area contributed by atoms with Gasteiger partial charge in [0.15, 0.2) is 5.76 Å². The van der Waals surface area contributed by atoms with Crippen molar-refractivity contribution in [3.63, 3.8) is 0 Å². The Morgan fingerprint density at radius 3 is 2.05 bits per heavy atom. The summed E-state index contributed by atoms with van der Waals surface area (Å²) in [7, 11) is 0. The van der Waals surface area contributed by atoms with Crippen LogP contribution in [0.25, 0.3) is 0 Å². The minimum Gasteiger partial charge on any atom is -0.397 e. The van der Waals surface area contributed by atoms with E-state index in [4.69, 9.17) is 4.42 Å². The van der Waals surface area contributed by atoms with Crippen LogP contribution in [-0.4, -0.2) is 15.6 Å². The molecular formula is C11H6N2O6. The van der Waals surface area contributed by atoms with Crippen LogP contribution in [0.5, 0.6) is 0 Å². The number of furan rings is 1. The summed E-state index contributed by atoms with van der Waals surface area (Å²) in [6.07, 6.45) is 0. The van der Waals surface area contributed by atoms with Crippen molar-refractivity contribution in [3.8, 4) is 0 Å². The van der Waals surface area contributed by atoms with Crippen LogP contribution in [0, 0.1) is 20.2 Å². The Labute approximate surface area is 105 Å². The number of nitro groups is 2. The highest BCUT2D eigenvalue weighted by atomic mass is 16.6. The lowest BCUT2D eigenvalue weighted by molar-refractivity contribution is -0.402. The van der Waals surface area contributed by atoms with Crippen molar-refractivity contribution < 1.29 is 19.1 Å². The number of non-ortho nitro benzene ring substituents is 1. The number of hydrogen-bond acceptors (Lipinski definition) is 6. The minimum absolute atomic E-state index is 0.148. The van der Waals surface area contributed by atoms with Gasteiger partial charge in [-0.15, -0.1) is 0 Å². The monoisotopic (exact) mass is 262 g/mol. The molecule has 2 aromatic rings. The Hall–Kier alpha value is -3.03. The van der Waals surface area contributed by atoms with E-state index in [1.165, 1.54) is 30.3 Å². The summed E-state index contributed by atoms with van der Waals surface area (Å²) in [5, 5.41) is 20.9. The molecule has 0 saturated carbocycles. The standard InChI is InChI=1S/C11H6N2O6/c14-11(9-5-6-10(19-9)13(17)18)7-1-3-8(4-2-7)12(15)16/h1-6H. The second kappa shape index (κ2) is 4.69. The van der Waals surface area contributed by atoms with Gasteiger partial charge in [-0.3, -0.25) is 25.0 Å². The highest BCUT2D eigenvalue weighted by Crippen LogP contribution is 2.20. The van der Waals surface area contributed by atoms with Crippen LogP contribution < -0.4 is 0 Å². The zero-order chi connectivity index (χ0) is 14.0. The fourth-order valence-corrected chi connectivity index (χ4v) is 1.42. The molecule has 1 aromatic carbocycles. The number of hydrogen-bond donors (Lipinski definition) is 0. The first-order chi connectivity index (χ1) is 8.99. The van der Waals surface area contributed by atoms with Gasteiger partial charge in [0.2, 0.25) is 5.78 Å². The molecule has 0 saturated heterocycles. The zero-order valence-corrected chi connectivity index (χ0v) is 9.31. The molecule has 96 valence electrons. The van der Waals surface area contributed by atoms with Gasteiger partial charge in [-0.2, -0.15) is 0 Å². The van der Waals surface area contributed by atoms with Crippen molar-refractivity contribution in [1.82, 2.24) is 0 Å². The van der Waals surface area contributed by atoms with E-state index in [-0.39, 0.29) is 17.0 Å². The van der Waals surface area contributed by atoms with Gasteiger partial charge in [0, 0.05) is 17.7 Å². The van der Waals surface area contributed by atoms with Crippen molar-refractivity contribution >= 4 is 17.4 Å². The first kappa shape index (κ1) is 12.4. The average molecular weight is 262 g/mol. The van der Waals surface area contributed by atoms with E-state index in [0.29, 0.717) is 0 Å². The lowest BCUT2D eigenvalue weighted by Gasteiger charge is -1.96. The Morgan fingerprint density at radius 2 is 1.58 bits per heavy atom. The highest BCUT2D eigenvalue weighted by Gasteiger charge is 2.19. The number of rotatable bonds is 4. The number of nitro benzene ring substituents is 1. The number of benzene rings is 1. The van der Waals surface area contributed by atoms with E-state index in [9.17, 15) is 25.0 Å². The molecule has 8 nitrogen and oxygen atoms in total. The molecule has 1 aromatic heterocycles. The minimum atomic E-state index is -0.757. The van der Waals surface area contributed by atoms with Crippen LogP contribution in [0.3, 0.4) is 0 Å². The van der Waals surface area contributed by atoms with Crippen LogP contribution in [0.4, 0.5) is 11.6 Å². The summed E-state index contributed by atoms with van der Waals surface area (Å²) in [6, 6.07) is 7.11. The summed E-state index contributed by atoms with van der Waals surface area (Å²) < 4.78 is 4.76. The Balaban J connectivity index is 2.27. The lowest BCUT2D eigenvalue weighted by atomic mass is 10.1. The van der Waals surface area contributed by atoms with E-state index in [1.807, 2.05) is 0 Å². The van der Waals surface area contributed by atoms with E-state index in [0.717, 1.165) is 6.07 Å². The molecule has 0 bridgehead atoms. The van der Waals surface area contributed by atoms with Gasteiger partial charge in [-0.05, 0) is 18.2 Å². The van der Waals surface area contributed by atoms with E-state index < -0.39 is 21.5 Å². The van der Waals surface area contributed by atoms with E-state index in [2.05, 4.69) is 0 Å². The van der Waals surface area contributed by atoms with Gasteiger partial charge < -0.3 is 4.42 Å². The summed E-state index contributed by atoms with van der Waals surface area (Å²) in [5.41, 5.74) is -0.00294. The predicted octanol–water partition coefficient (Wildman–Crippen LogP) is 2.33. The van der Waals surface area contributed by atoms with Crippen LogP contribution in [0.2, 0.25) is 0 Å². The third-order valence-electron chi connectivity index (χ3n) is 2.34. The summed E-state index contributed by atoms with van der Waals surface area (Å²) in [5.74, 6) is -1.31. The van der Waals surface area contributed by atoms with Gasteiger partial charge >= 0.3 is 5.88 Å². The topological polar surface area (TPSA) is 116 Å². The molecule has 0 amide bonds. The van der Waals surface area contributed by atoms with E-state index >= 15 is 0 Å². The molecule has 8 heteroatoms. The third-order valence-corrected chi connectivity index (χ3v) is 2.34. The molecule has 0 aliphatic rings. The molecule has 0 fully saturated rings. The normalized spacial score (nSPS) is 10.1. The Morgan fingerprint density at radius 1 is 0.947 bits per heavy atom. The number of carbonyl (C=O) groups is 1. The van der Waals surface area contributed by atoms with Gasteiger partial charge in [-0.1, -0.05) is 0 Å². The number of ketones is 1. The summed E-state index contributed by atoms with van der Waals surface area (Å²) in [4.78, 5) is 31.4. The van der Waals surface area contributed by atoms with Crippen molar-refractivity contribution in [2.45, 2.75) is 0 Å². The Kier molecular flexibility index (Phi) is 3.06. The number of nitrogens with zero attached hydrogens (tertiary/aromatic N) is 2. The van der Waals surface area contributed by atoms with Crippen molar-refractivity contribution in [3.05, 3.63) is 68.0 Å². The van der Waals surface area contributed by atoms with Crippen LogP contribution in [0.15, 0.2) is 40.8 Å². The number of carbonyl (C=O) groups excluding carboxylic acids is 1. The van der Waals surface area contributed by atoms with Gasteiger partial charge in [0.1, 0.15) is 4.92 Å². The molecule has 0 unspecified atom stereocenters. The Bertz CT molecular complexity index is 658. The second-order valence-corrected chi connectivity index (χ2v) is 3.53. The molecule has 0 spiro atoms. The fraction of sp³-hybridized carbons (Fsp3) is 0. The summed E-state index contributed by atoms with van der Waals surface area (Å²) in [6.45, 7) is 0.